The van der Waals surface area contributed by atoms with Crippen LogP contribution in [0.3, 0.4) is 0 Å². The number of nitrogens with two attached hydrogens (primary N) is 1. The van der Waals surface area contributed by atoms with Gasteiger partial charge in [-0.1, -0.05) is 0 Å². The van der Waals surface area contributed by atoms with E-state index in [-0.39, 0.29) is 32.5 Å². The van der Waals surface area contributed by atoms with Crippen LogP contribution in [0.5, 0.6) is 5.75 Å². The van der Waals surface area contributed by atoms with E-state index in [1.54, 1.807) is 12.1 Å². The highest BCUT2D eigenvalue weighted by molar-refractivity contribution is 7.92. The number of nitrogens with zero attached hydrogens (tertiary/aromatic N) is 1. The molecule has 0 radical (unpaired) electrons. The second kappa shape index (κ2) is 9.23. The van der Waals surface area contributed by atoms with Gasteiger partial charge in [0.25, 0.3) is 0 Å². The molecular weight excluding hydrogens is 400 g/mol. The van der Waals surface area contributed by atoms with Crippen molar-refractivity contribution in [3.05, 3.63) is 34.2 Å². The second-order valence-electron chi connectivity index (χ2n) is 7.33. The molecule has 5 N–H and O–H groups in total. The van der Waals surface area contributed by atoms with E-state index >= 15 is 0 Å². The first-order chi connectivity index (χ1) is 13.5. The van der Waals surface area contributed by atoms with Crippen molar-refractivity contribution in [1.29, 1.82) is 0 Å². The summed E-state index contributed by atoms with van der Waals surface area (Å²) < 4.78 is 31.9. The van der Waals surface area contributed by atoms with Gasteiger partial charge in [-0.05, 0) is 61.6 Å². The van der Waals surface area contributed by atoms with Gasteiger partial charge < -0.3 is 25.8 Å². The zero-order chi connectivity index (χ0) is 21.8. The third-order valence-electron chi connectivity index (χ3n) is 5.03. The molecule has 29 heavy (non-hydrogen) atoms. The molecule has 1 aliphatic rings. The highest BCUT2D eigenvalue weighted by Crippen LogP contribution is 2.26. The fraction of sp³-hybridized carbons (Fsp3) is 0.526. The average molecular weight is 429 g/mol. The van der Waals surface area contributed by atoms with E-state index in [2.05, 4.69) is 0 Å². The molecule has 9 nitrogen and oxygen atoms in total. The summed E-state index contributed by atoms with van der Waals surface area (Å²) in [6, 6.07) is 3.44. The number of aliphatic hydroxyl groups excluding tert-OH is 2. The maximum Gasteiger partial charge on any atom is 0.323 e. The summed E-state index contributed by atoms with van der Waals surface area (Å²) in [6.45, 7) is 3.27. The van der Waals surface area contributed by atoms with Gasteiger partial charge in [0, 0.05) is 18.5 Å². The number of aryl methyl sites for hydroxylation is 2. The average Bonchev–Trinajstić information content (AvgIpc) is 2.65. The zero-order valence-electron chi connectivity index (χ0n) is 16.5. The SMILES string of the molecule is Cc1cc(OC[C@H](O)CO)cc(C)c1/C=C/S(=O)(=O)N1CCC(N)(C(=O)O)CC1. The normalized spacial score (nSPS) is 18.7. The van der Waals surface area contributed by atoms with Crippen LogP contribution in [0.15, 0.2) is 17.5 Å². The predicted molar refractivity (Wildman–Crippen MR) is 108 cm³/mol. The van der Waals surface area contributed by atoms with Crippen LogP contribution < -0.4 is 10.5 Å². The number of hydrogen-bond donors (Lipinski definition) is 4. The van der Waals surface area contributed by atoms with Gasteiger partial charge in [0.15, 0.2) is 0 Å². The standard InChI is InChI=1S/C19H28N2O7S/c1-13-9-16(28-12-15(23)11-22)10-14(2)17(13)3-8-29(26,27)21-6-4-19(20,5-7-21)18(24)25/h3,8-10,15,22-23H,4-7,11-12,20H2,1-2H3,(H,24,25)/b8-3+/t15-/m1/s1. The number of carboxylic acid groups (broad SMARTS) is 1. The highest BCUT2D eigenvalue weighted by atomic mass is 32.2. The molecule has 0 aromatic heterocycles. The largest absolute Gasteiger partial charge is 0.491 e. The van der Waals surface area contributed by atoms with E-state index in [0.717, 1.165) is 22.1 Å². The van der Waals surface area contributed by atoms with Crippen molar-refractivity contribution in [2.75, 3.05) is 26.3 Å². The van der Waals surface area contributed by atoms with Gasteiger partial charge in [0.2, 0.25) is 10.0 Å². The van der Waals surface area contributed by atoms with Crippen molar-refractivity contribution in [2.45, 2.75) is 38.3 Å². The van der Waals surface area contributed by atoms with E-state index in [0.29, 0.717) is 5.75 Å². The van der Waals surface area contributed by atoms with Gasteiger partial charge in [-0.15, -0.1) is 0 Å². The van der Waals surface area contributed by atoms with Crippen LogP contribution >= 0.6 is 0 Å². The smallest absolute Gasteiger partial charge is 0.323 e. The number of aliphatic carboxylic acids is 1. The van der Waals surface area contributed by atoms with Gasteiger partial charge in [0.1, 0.15) is 24.0 Å². The lowest BCUT2D eigenvalue weighted by Gasteiger charge is -2.34. The van der Waals surface area contributed by atoms with Crippen LogP contribution in [-0.4, -0.2) is 72.0 Å². The van der Waals surface area contributed by atoms with Gasteiger partial charge in [-0.2, -0.15) is 4.31 Å². The molecule has 1 heterocycles. The third-order valence-corrected chi connectivity index (χ3v) is 6.59. The lowest BCUT2D eigenvalue weighted by molar-refractivity contribution is -0.144. The van der Waals surface area contributed by atoms with Gasteiger partial charge in [-0.25, -0.2) is 8.42 Å². The molecule has 1 aromatic carbocycles. The predicted octanol–water partition coefficient (Wildman–Crippen LogP) is 0.214. The zero-order valence-corrected chi connectivity index (χ0v) is 17.4. The van der Waals surface area contributed by atoms with Crippen molar-refractivity contribution in [3.8, 4) is 5.75 Å². The highest BCUT2D eigenvalue weighted by Gasteiger charge is 2.40. The van der Waals surface area contributed by atoms with E-state index in [4.69, 9.17) is 20.7 Å². The first-order valence-corrected chi connectivity index (χ1v) is 10.7. The maximum absolute atomic E-state index is 12.6. The minimum Gasteiger partial charge on any atom is -0.491 e. The molecule has 0 amide bonds. The number of ether oxygens (including phenoxy) is 1. The Hall–Kier alpha value is -1.98. The molecule has 162 valence electrons. The fourth-order valence-electron chi connectivity index (χ4n) is 3.12. The Balaban J connectivity index is 2.11. The van der Waals surface area contributed by atoms with Crippen molar-refractivity contribution >= 4 is 22.1 Å². The molecule has 0 aliphatic carbocycles. The van der Waals surface area contributed by atoms with E-state index in [9.17, 15) is 18.3 Å². The molecule has 10 heteroatoms. The molecule has 1 aliphatic heterocycles. The van der Waals surface area contributed by atoms with Gasteiger partial charge >= 0.3 is 5.97 Å². The number of sulfonamides is 1. The van der Waals surface area contributed by atoms with Crippen LogP contribution in [0.25, 0.3) is 6.08 Å². The summed E-state index contributed by atoms with van der Waals surface area (Å²) in [5, 5.41) is 28.5. The van der Waals surface area contributed by atoms with Gasteiger partial charge in [0.05, 0.1) is 6.61 Å². The molecule has 0 bridgehead atoms. The summed E-state index contributed by atoms with van der Waals surface area (Å²) in [5.41, 5.74) is 6.71. The number of aliphatic hydroxyl groups is 2. The Kier molecular flexibility index (Phi) is 7.41. The van der Waals surface area contributed by atoms with Crippen LogP contribution in [0.4, 0.5) is 0 Å². The summed E-state index contributed by atoms with van der Waals surface area (Å²) in [5.74, 6) is -0.610. The Morgan fingerprint density at radius 2 is 1.86 bits per heavy atom. The Morgan fingerprint density at radius 3 is 2.34 bits per heavy atom. The number of rotatable bonds is 8. The van der Waals surface area contributed by atoms with Crippen molar-refractivity contribution < 1.29 is 33.3 Å². The lowest BCUT2D eigenvalue weighted by Crippen LogP contribution is -2.56. The first kappa shape index (κ1) is 23.3. The summed E-state index contributed by atoms with van der Waals surface area (Å²) in [4.78, 5) is 11.2. The van der Waals surface area contributed by atoms with Crippen LogP contribution in [0.2, 0.25) is 0 Å². The number of piperidine rings is 1. The topological polar surface area (TPSA) is 150 Å². The Morgan fingerprint density at radius 1 is 1.31 bits per heavy atom. The number of carbonyl (C=O) groups is 1. The molecule has 1 saturated heterocycles. The van der Waals surface area contributed by atoms with E-state index in [1.165, 1.54) is 10.4 Å². The fourth-order valence-corrected chi connectivity index (χ4v) is 4.29. The minimum atomic E-state index is -3.71. The van der Waals surface area contributed by atoms with E-state index < -0.39 is 34.2 Å². The minimum absolute atomic E-state index is 0.0487. The van der Waals surface area contributed by atoms with Crippen LogP contribution in [-0.2, 0) is 14.8 Å². The van der Waals surface area contributed by atoms with Crippen molar-refractivity contribution in [2.24, 2.45) is 5.73 Å². The molecule has 1 aromatic rings. The molecule has 0 saturated carbocycles. The van der Waals surface area contributed by atoms with E-state index in [1.807, 2.05) is 13.8 Å². The molecule has 1 fully saturated rings. The molecule has 2 rings (SSSR count). The monoisotopic (exact) mass is 428 g/mol. The number of benzene rings is 1. The van der Waals surface area contributed by atoms with Crippen molar-refractivity contribution in [1.82, 2.24) is 4.31 Å². The Bertz CT molecular complexity index is 852. The molecule has 1 atom stereocenters. The second-order valence-corrected chi connectivity index (χ2v) is 9.14. The van der Waals surface area contributed by atoms with Gasteiger partial charge in [-0.3, -0.25) is 4.79 Å². The summed E-state index contributed by atoms with van der Waals surface area (Å²) in [7, 11) is -3.71. The maximum atomic E-state index is 12.6. The Labute approximate surface area is 170 Å². The lowest BCUT2D eigenvalue weighted by atomic mass is 9.90. The molecular formula is C19H28N2O7S. The van der Waals surface area contributed by atoms with Crippen LogP contribution in [0.1, 0.15) is 29.5 Å². The quantitative estimate of drug-likeness (QED) is 0.459. The summed E-state index contributed by atoms with van der Waals surface area (Å²) >= 11 is 0. The number of carboxylic acids is 1. The van der Waals surface area contributed by atoms with Crippen molar-refractivity contribution in [3.63, 3.8) is 0 Å². The summed E-state index contributed by atoms with van der Waals surface area (Å²) in [6.07, 6.45) is 0.643. The molecule has 0 unspecified atom stereocenters. The van der Waals surface area contributed by atoms with Crippen LogP contribution in [0, 0.1) is 13.8 Å². The third kappa shape index (κ3) is 5.77. The first-order valence-electron chi connectivity index (χ1n) is 9.22. The molecule has 0 spiro atoms. The number of hydrogen-bond acceptors (Lipinski definition) is 7.